The van der Waals surface area contributed by atoms with Crippen LogP contribution in [0.4, 0.5) is 5.69 Å². The van der Waals surface area contributed by atoms with Crippen molar-refractivity contribution < 1.29 is 9.59 Å². The van der Waals surface area contributed by atoms with Crippen molar-refractivity contribution in [3.05, 3.63) is 94.8 Å². The normalized spacial score (nSPS) is 12.5. The number of amides is 2. The summed E-state index contributed by atoms with van der Waals surface area (Å²) in [5.74, 6) is -0.477. The summed E-state index contributed by atoms with van der Waals surface area (Å²) in [4.78, 5) is 31.4. The average molecular weight is 371 g/mol. The zero-order valence-electron chi connectivity index (χ0n) is 15.7. The summed E-state index contributed by atoms with van der Waals surface area (Å²) in [6, 6.07) is 20.8. The van der Waals surface area contributed by atoms with Crippen LogP contribution in [0.1, 0.15) is 37.7 Å². The molecule has 0 radical (unpaired) electrons. The van der Waals surface area contributed by atoms with E-state index in [9.17, 15) is 9.59 Å². The molecule has 4 rings (SSSR count). The highest BCUT2D eigenvalue weighted by Gasteiger charge is 2.26. The average Bonchev–Trinajstić information content (AvgIpc) is 3.17. The Morgan fingerprint density at radius 1 is 0.964 bits per heavy atom. The molecule has 0 unspecified atom stereocenters. The Hall–Kier alpha value is -3.47. The zero-order valence-corrected chi connectivity index (χ0v) is 15.7. The van der Waals surface area contributed by atoms with Gasteiger partial charge in [0.25, 0.3) is 11.8 Å². The number of fused-ring (bicyclic) bond motifs is 1. The third-order valence-corrected chi connectivity index (χ3v) is 4.91. The lowest BCUT2D eigenvalue weighted by molar-refractivity contribution is 0.0945. The van der Waals surface area contributed by atoms with Gasteiger partial charge in [0.1, 0.15) is 11.4 Å². The van der Waals surface area contributed by atoms with E-state index in [4.69, 9.17) is 0 Å². The second-order valence-corrected chi connectivity index (χ2v) is 6.91. The molecule has 1 aliphatic rings. The molecule has 5 heteroatoms. The van der Waals surface area contributed by atoms with Crippen molar-refractivity contribution in [3.8, 4) is 0 Å². The molecule has 0 spiro atoms. The Bertz CT molecular complexity index is 1030. The van der Waals surface area contributed by atoms with Gasteiger partial charge in [-0.05, 0) is 42.7 Å². The lowest BCUT2D eigenvalue weighted by atomic mass is 10.1. The molecular formula is C23H21N3O2. The highest BCUT2D eigenvalue weighted by Crippen LogP contribution is 2.28. The van der Waals surface area contributed by atoms with Gasteiger partial charge in [-0.1, -0.05) is 54.1 Å². The molecule has 1 aliphatic heterocycles. The van der Waals surface area contributed by atoms with Crippen LogP contribution in [0.3, 0.4) is 0 Å². The SMILES string of the molecule is Cc1ccc(CNC(=O)c2cccc(C(=O)N3CCc4ccccc43)n2)cc1. The summed E-state index contributed by atoms with van der Waals surface area (Å²) in [7, 11) is 0. The molecule has 0 saturated heterocycles. The second-order valence-electron chi connectivity index (χ2n) is 6.91. The maximum absolute atomic E-state index is 12.9. The van der Waals surface area contributed by atoms with E-state index in [1.54, 1.807) is 23.1 Å². The Labute approximate surface area is 164 Å². The summed E-state index contributed by atoms with van der Waals surface area (Å²) in [5.41, 5.74) is 4.78. The molecule has 2 heterocycles. The van der Waals surface area contributed by atoms with E-state index in [1.165, 1.54) is 5.56 Å². The number of nitrogens with one attached hydrogen (secondary N) is 1. The number of para-hydroxylation sites is 1. The zero-order chi connectivity index (χ0) is 19.5. The van der Waals surface area contributed by atoms with Gasteiger partial charge in [0, 0.05) is 18.8 Å². The van der Waals surface area contributed by atoms with Crippen LogP contribution in [-0.4, -0.2) is 23.3 Å². The molecule has 2 amide bonds. The molecule has 0 saturated carbocycles. The fourth-order valence-electron chi connectivity index (χ4n) is 3.35. The van der Waals surface area contributed by atoms with Crippen molar-refractivity contribution in [2.24, 2.45) is 0 Å². The van der Waals surface area contributed by atoms with E-state index in [-0.39, 0.29) is 23.2 Å². The predicted octanol–water partition coefficient (Wildman–Crippen LogP) is 3.52. The largest absolute Gasteiger partial charge is 0.347 e. The number of benzene rings is 2. The molecule has 0 bridgehead atoms. The molecule has 28 heavy (non-hydrogen) atoms. The number of carbonyl (C=O) groups is 2. The van der Waals surface area contributed by atoms with E-state index in [1.807, 2.05) is 55.5 Å². The number of aryl methyl sites for hydroxylation is 1. The van der Waals surface area contributed by atoms with Crippen LogP contribution in [0.25, 0.3) is 0 Å². The maximum atomic E-state index is 12.9. The van der Waals surface area contributed by atoms with E-state index < -0.39 is 0 Å². The number of nitrogens with zero attached hydrogens (tertiary/aromatic N) is 2. The molecule has 5 nitrogen and oxygen atoms in total. The van der Waals surface area contributed by atoms with Gasteiger partial charge in [0.15, 0.2) is 0 Å². The van der Waals surface area contributed by atoms with Gasteiger partial charge in [-0.3, -0.25) is 9.59 Å². The van der Waals surface area contributed by atoms with Crippen LogP contribution in [-0.2, 0) is 13.0 Å². The van der Waals surface area contributed by atoms with Crippen molar-refractivity contribution in [3.63, 3.8) is 0 Å². The molecule has 0 fully saturated rings. The molecular weight excluding hydrogens is 350 g/mol. The Morgan fingerprint density at radius 2 is 1.71 bits per heavy atom. The molecule has 1 N–H and O–H groups in total. The number of carbonyl (C=O) groups excluding carboxylic acids is 2. The lowest BCUT2D eigenvalue weighted by Gasteiger charge is -2.17. The van der Waals surface area contributed by atoms with Crippen molar-refractivity contribution >= 4 is 17.5 Å². The highest BCUT2D eigenvalue weighted by atomic mass is 16.2. The van der Waals surface area contributed by atoms with Gasteiger partial charge in [-0.15, -0.1) is 0 Å². The minimum atomic E-state index is -0.294. The first-order valence-electron chi connectivity index (χ1n) is 9.32. The minimum Gasteiger partial charge on any atom is -0.347 e. The summed E-state index contributed by atoms with van der Waals surface area (Å²) < 4.78 is 0. The Kier molecular flexibility index (Phi) is 4.89. The second kappa shape index (κ2) is 7.64. The van der Waals surface area contributed by atoms with Gasteiger partial charge in [-0.25, -0.2) is 4.98 Å². The summed E-state index contributed by atoms with van der Waals surface area (Å²) in [6.45, 7) is 3.07. The fraction of sp³-hybridized carbons (Fsp3) is 0.174. The maximum Gasteiger partial charge on any atom is 0.276 e. The van der Waals surface area contributed by atoms with Crippen LogP contribution in [0.15, 0.2) is 66.7 Å². The van der Waals surface area contributed by atoms with Gasteiger partial charge in [0.05, 0.1) is 0 Å². The molecule has 1 aromatic heterocycles. The fourth-order valence-corrected chi connectivity index (χ4v) is 3.35. The van der Waals surface area contributed by atoms with Crippen molar-refractivity contribution in [2.75, 3.05) is 11.4 Å². The summed E-state index contributed by atoms with van der Waals surface area (Å²) in [6.07, 6.45) is 0.832. The van der Waals surface area contributed by atoms with Gasteiger partial charge < -0.3 is 10.2 Å². The Morgan fingerprint density at radius 3 is 2.54 bits per heavy atom. The standard InChI is InChI=1S/C23H21N3O2/c1-16-9-11-17(12-10-16)15-24-22(27)19-6-4-7-20(25-19)23(28)26-14-13-18-5-2-3-8-21(18)26/h2-12H,13-15H2,1H3,(H,24,27). The lowest BCUT2D eigenvalue weighted by Crippen LogP contribution is -2.31. The molecule has 0 aliphatic carbocycles. The number of hydrogen-bond donors (Lipinski definition) is 1. The van der Waals surface area contributed by atoms with Crippen LogP contribution in [0.2, 0.25) is 0 Å². The number of anilines is 1. The highest BCUT2D eigenvalue weighted by molar-refractivity contribution is 6.06. The monoisotopic (exact) mass is 371 g/mol. The van der Waals surface area contributed by atoms with Crippen molar-refractivity contribution in [1.82, 2.24) is 10.3 Å². The third kappa shape index (κ3) is 3.64. The number of rotatable bonds is 4. The molecule has 3 aromatic rings. The minimum absolute atomic E-state index is 0.182. The van der Waals surface area contributed by atoms with Crippen LogP contribution < -0.4 is 10.2 Å². The predicted molar refractivity (Wildman–Crippen MR) is 108 cm³/mol. The van der Waals surface area contributed by atoms with E-state index in [2.05, 4.69) is 10.3 Å². The summed E-state index contributed by atoms with van der Waals surface area (Å²) in [5, 5.41) is 2.86. The van der Waals surface area contributed by atoms with E-state index >= 15 is 0 Å². The van der Waals surface area contributed by atoms with Crippen molar-refractivity contribution in [1.29, 1.82) is 0 Å². The van der Waals surface area contributed by atoms with E-state index in [0.29, 0.717) is 13.1 Å². The first kappa shape index (κ1) is 17.9. The molecule has 2 aromatic carbocycles. The first-order chi connectivity index (χ1) is 13.6. The Balaban J connectivity index is 1.47. The number of aromatic nitrogens is 1. The third-order valence-electron chi connectivity index (χ3n) is 4.91. The van der Waals surface area contributed by atoms with Crippen LogP contribution in [0.5, 0.6) is 0 Å². The van der Waals surface area contributed by atoms with Gasteiger partial charge >= 0.3 is 0 Å². The quantitative estimate of drug-likeness (QED) is 0.763. The molecule has 0 atom stereocenters. The van der Waals surface area contributed by atoms with Crippen molar-refractivity contribution in [2.45, 2.75) is 19.9 Å². The first-order valence-corrected chi connectivity index (χ1v) is 9.32. The summed E-state index contributed by atoms with van der Waals surface area (Å²) >= 11 is 0. The molecule has 140 valence electrons. The smallest absolute Gasteiger partial charge is 0.276 e. The van der Waals surface area contributed by atoms with Gasteiger partial charge in [-0.2, -0.15) is 0 Å². The van der Waals surface area contributed by atoms with Gasteiger partial charge in [0.2, 0.25) is 0 Å². The topological polar surface area (TPSA) is 62.3 Å². The van der Waals surface area contributed by atoms with E-state index in [0.717, 1.165) is 23.2 Å². The number of pyridine rings is 1. The van der Waals surface area contributed by atoms with Crippen LogP contribution >= 0.6 is 0 Å². The number of hydrogen-bond acceptors (Lipinski definition) is 3. The van der Waals surface area contributed by atoms with Crippen LogP contribution in [0, 0.1) is 6.92 Å².